The van der Waals surface area contributed by atoms with Crippen LogP contribution in [0.2, 0.25) is 0 Å². The van der Waals surface area contributed by atoms with Gasteiger partial charge in [0.1, 0.15) is 0 Å². The van der Waals surface area contributed by atoms with Crippen molar-refractivity contribution >= 4 is 55.6 Å². The van der Waals surface area contributed by atoms with E-state index < -0.39 is 7.14 Å². The molecule has 11 rings (SSSR count). The maximum absolute atomic E-state index is 15.7. The zero-order chi connectivity index (χ0) is 36.5. The summed E-state index contributed by atoms with van der Waals surface area (Å²) in [5.41, 5.74) is 7.92. The molecule has 0 saturated carbocycles. The monoisotopic (exact) mass is 722 g/mol. The number of nitrogens with zero attached hydrogens (tertiary/aromatic N) is 4. The van der Waals surface area contributed by atoms with E-state index in [9.17, 15) is 0 Å². The molecule has 0 spiro atoms. The van der Waals surface area contributed by atoms with Crippen molar-refractivity contribution in [2.45, 2.75) is 0 Å². The second-order valence-electron chi connectivity index (χ2n) is 14.0. The SMILES string of the molecule is O=P1(c2ccccc2)c2ccccc2-c2cc3c4c5ccccc5ccc4n(-c4nc(-c5ccccc5)nc(-c5ccc(-c6ccccc6)cc5)n4)c3cc21. The largest absolute Gasteiger partial charge is 0.309 e. The van der Waals surface area contributed by atoms with Crippen molar-refractivity contribution in [3.05, 3.63) is 188 Å². The van der Waals surface area contributed by atoms with E-state index in [1.807, 2.05) is 84.9 Å². The highest BCUT2D eigenvalue weighted by Crippen LogP contribution is 2.53. The number of benzene rings is 8. The molecule has 5 nitrogen and oxygen atoms in total. The molecule has 2 aromatic heterocycles. The van der Waals surface area contributed by atoms with Gasteiger partial charge >= 0.3 is 0 Å². The van der Waals surface area contributed by atoms with E-state index in [-0.39, 0.29) is 0 Å². The molecule has 1 aliphatic heterocycles. The first-order valence-electron chi connectivity index (χ1n) is 18.4. The van der Waals surface area contributed by atoms with Crippen LogP contribution in [-0.4, -0.2) is 19.5 Å². The quantitative estimate of drug-likeness (QED) is 0.166. The van der Waals surface area contributed by atoms with Gasteiger partial charge in [-0.05, 0) is 51.2 Å². The molecule has 1 unspecified atom stereocenters. The second-order valence-corrected chi connectivity index (χ2v) is 16.7. The third-order valence-electron chi connectivity index (χ3n) is 10.9. The number of rotatable bonds is 5. The van der Waals surface area contributed by atoms with E-state index in [2.05, 4.69) is 108 Å². The molecular weight excluding hydrogens is 692 g/mol. The Bertz CT molecular complexity index is 3160. The molecule has 6 heteroatoms. The van der Waals surface area contributed by atoms with E-state index >= 15 is 4.57 Å². The topological polar surface area (TPSA) is 60.7 Å². The fourth-order valence-electron chi connectivity index (χ4n) is 8.29. The Morgan fingerprint density at radius 2 is 1.00 bits per heavy atom. The van der Waals surface area contributed by atoms with Crippen molar-refractivity contribution in [2.24, 2.45) is 0 Å². The minimum absolute atomic E-state index is 0.497. The number of hydrogen-bond acceptors (Lipinski definition) is 4. The summed E-state index contributed by atoms with van der Waals surface area (Å²) < 4.78 is 17.9. The maximum atomic E-state index is 15.7. The Balaban J connectivity index is 1.22. The molecule has 3 heterocycles. The molecule has 258 valence electrons. The first kappa shape index (κ1) is 31.6. The zero-order valence-corrected chi connectivity index (χ0v) is 30.4. The lowest BCUT2D eigenvalue weighted by Gasteiger charge is -2.16. The molecule has 0 N–H and O–H groups in total. The minimum Gasteiger partial charge on any atom is -0.309 e. The van der Waals surface area contributed by atoms with Crippen molar-refractivity contribution in [1.82, 2.24) is 19.5 Å². The van der Waals surface area contributed by atoms with Crippen LogP contribution >= 0.6 is 7.14 Å². The van der Waals surface area contributed by atoms with Gasteiger partial charge in [0.2, 0.25) is 5.95 Å². The number of fused-ring (bicyclic) bond motifs is 8. The van der Waals surface area contributed by atoms with Gasteiger partial charge in [0.15, 0.2) is 18.8 Å². The highest BCUT2D eigenvalue weighted by atomic mass is 31.2. The van der Waals surface area contributed by atoms with Gasteiger partial charge in [-0.15, -0.1) is 0 Å². The summed E-state index contributed by atoms with van der Waals surface area (Å²) in [5.74, 6) is 1.64. The van der Waals surface area contributed by atoms with Crippen LogP contribution in [0.25, 0.3) is 83.6 Å². The van der Waals surface area contributed by atoms with Crippen molar-refractivity contribution < 1.29 is 4.57 Å². The van der Waals surface area contributed by atoms with E-state index in [0.29, 0.717) is 17.6 Å². The third-order valence-corrected chi connectivity index (χ3v) is 14.0. The molecule has 10 aromatic rings. The van der Waals surface area contributed by atoms with Gasteiger partial charge in [-0.3, -0.25) is 4.57 Å². The van der Waals surface area contributed by atoms with Gasteiger partial charge in [0, 0.05) is 37.8 Å². The van der Waals surface area contributed by atoms with Crippen LogP contribution in [-0.2, 0) is 4.57 Å². The lowest BCUT2D eigenvalue weighted by atomic mass is 10.0. The smallest absolute Gasteiger partial charge is 0.238 e. The summed E-state index contributed by atoms with van der Waals surface area (Å²) in [6, 6.07) is 64.1. The lowest BCUT2D eigenvalue weighted by molar-refractivity contribution is 0.593. The third kappa shape index (κ3) is 4.87. The summed E-state index contributed by atoms with van der Waals surface area (Å²) in [7, 11) is -3.22. The molecule has 1 aliphatic rings. The Hall–Kier alpha value is -6.94. The predicted molar refractivity (Wildman–Crippen MR) is 226 cm³/mol. The maximum Gasteiger partial charge on any atom is 0.238 e. The van der Waals surface area contributed by atoms with E-state index in [0.717, 1.165) is 81.9 Å². The molecule has 0 amide bonds. The van der Waals surface area contributed by atoms with Gasteiger partial charge in [0.05, 0.1) is 11.0 Å². The van der Waals surface area contributed by atoms with Gasteiger partial charge in [-0.25, -0.2) is 4.98 Å². The van der Waals surface area contributed by atoms with E-state index in [4.69, 9.17) is 15.0 Å². The van der Waals surface area contributed by atoms with Crippen LogP contribution in [0.15, 0.2) is 188 Å². The Kier molecular flexibility index (Phi) is 7.07. The number of aromatic nitrogens is 4. The molecule has 0 fully saturated rings. The van der Waals surface area contributed by atoms with E-state index in [1.54, 1.807) is 0 Å². The summed E-state index contributed by atoms with van der Waals surface area (Å²) in [4.78, 5) is 15.5. The predicted octanol–water partition coefficient (Wildman–Crippen LogP) is 10.7. The van der Waals surface area contributed by atoms with Gasteiger partial charge in [-0.2, -0.15) is 9.97 Å². The van der Waals surface area contributed by atoms with Crippen LogP contribution < -0.4 is 15.9 Å². The van der Waals surface area contributed by atoms with Crippen LogP contribution in [0.1, 0.15) is 0 Å². The minimum atomic E-state index is -3.22. The highest BCUT2D eigenvalue weighted by molar-refractivity contribution is 7.86. The van der Waals surface area contributed by atoms with Crippen LogP contribution in [0, 0.1) is 0 Å². The van der Waals surface area contributed by atoms with Crippen LogP contribution in [0.3, 0.4) is 0 Å². The van der Waals surface area contributed by atoms with Crippen molar-refractivity contribution in [2.75, 3.05) is 0 Å². The molecule has 0 bridgehead atoms. The first-order chi connectivity index (χ1) is 27.1. The average molecular weight is 723 g/mol. The van der Waals surface area contributed by atoms with Crippen LogP contribution in [0.4, 0.5) is 0 Å². The first-order valence-corrected chi connectivity index (χ1v) is 20.1. The summed E-state index contributed by atoms with van der Waals surface area (Å²) in [6.45, 7) is 0. The normalized spacial score (nSPS) is 14.7. The summed E-state index contributed by atoms with van der Waals surface area (Å²) >= 11 is 0. The van der Waals surface area contributed by atoms with Gasteiger partial charge in [0.25, 0.3) is 0 Å². The number of hydrogen-bond donors (Lipinski definition) is 0. The van der Waals surface area contributed by atoms with Crippen molar-refractivity contribution in [3.63, 3.8) is 0 Å². The van der Waals surface area contributed by atoms with Gasteiger partial charge < -0.3 is 4.57 Å². The fraction of sp³-hybridized carbons (Fsp3) is 0. The Labute approximate surface area is 317 Å². The highest BCUT2D eigenvalue weighted by Gasteiger charge is 2.41. The molecule has 0 saturated heterocycles. The Morgan fingerprint density at radius 1 is 0.418 bits per heavy atom. The molecule has 1 atom stereocenters. The lowest BCUT2D eigenvalue weighted by Crippen LogP contribution is -2.20. The zero-order valence-electron chi connectivity index (χ0n) is 29.5. The fourth-order valence-corrected chi connectivity index (χ4v) is 11.4. The standard InChI is InChI=1S/C49H31N4OP/c54-55(37-19-8-3-9-20-37)44-23-13-12-22-39(44)40-30-41-43(31-45(40)55)53(42-29-28-34-16-10-11-21-38(34)46(41)42)49-51-47(35-17-6-2-7-18-35)50-48(52-49)36-26-24-33(25-27-36)32-14-4-1-5-15-32/h1-31H. The molecule has 0 aliphatic carbocycles. The summed E-state index contributed by atoms with van der Waals surface area (Å²) in [6.07, 6.45) is 0. The van der Waals surface area contributed by atoms with Crippen molar-refractivity contribution in [1.29, 1.82) is 0 Å². The molecule has 0 radical (unpaired) electrons. The summed E-state index contributed by atoms with van der Waals surface area (Å²) in [5, 5.41) is 6.95. The van der Waals surface area contributed by atoms with Crippen LogP contribution in [0.5, 0.6) is 0 Å². The average Bonchev–Trinajstić information content (AvgIpc) is 3.73. The molecule has 8 aromatic carbocycles. The van der Waals surface area contributed by atoms with Crippen molar-refractivity contribution in [3.8, 4) is 51.0 Å². The molecular formula is C49H31N4OP. The second kappa shape index (κ2) is 12.3. The van der Waals surface area contributed by atoms with E-state index in [1.165, 1.54) is 0 Å². The molecule has 55 heavy (non-hydrogen) atoms. The Morgan fingerprint density at radius 3 is 1.75 bits per heavy atom. The van der Waals surface area contributed by atoms with Gasteiger partial charge in [-0.1, -0.05) is 170 Å².